The van der Waals surface area contributed by atoms with E-state index in [2.05, 4.69) is 18.8 Å². The number of hydrogen-bond donors (Lipinski definition) is 2. The van der Waals surface area contributed by atoms with Crippen molar-refractivity contribution in [1.29, 1.82) is 0 Å². The minimum atomic E-state index is -0.742. The Bertz CT molecular complexity index is 192. The molecule has 0 saturated carbocycles. The number of unbranched alkanes of at least 4 members (excludes halogenated alkanes) is 1. The Kier molecular flexibility index (Phi) is 8.01. The van der Waals surface area contributed by atoms with Crippen LogP contribution >= 0.6 is 0 Å². The minimum absolute atomic E-state index is 0.237. The first kappa shape index (κ1) is 14.2. The van der Waals surface area contributed by atoms with Gasteiger partial charge in [0.15, 0.2) is 0 Å². The molecule has 0 aromatic rings. The van der Waals surface area contributed by atoms with E-state index in [0.717, 1.165) is 25.7 Å². The minimum Gasteiger partial charge on any atom is -0.480 e. The largest absolute Gasteiger partial charge is 0.480 e. The van der Waals surface area contributed by atoms with Gasteiger partial charge in [0.25, 0.3) is 0 Å². The standard InChI is InChI=1S/C12H23NO2/c1-4-6-8-10(3)13-11(12(14)15)9-7-5-2/h4,10-11,13H,1,5-9H2,2-3H3,(H,14,15). The lowest BCUT2D eigenvalue weighted by atomic mass is 10.1. The third-order valence-corrected chi connectivity index (χ3v) is 2.43. The van der Waals surface area contributed by atoms with Crippen molar-refractivity contribution in [3.8, 4) is 0 Å². The van der Waals surface area contributed by atoms with Crippen LogP contribution in [0.5, 0.6) is 0 Å². The third kappa shape index (κ3) is 7.14. The van der Waals surface area contributed by atoms with Gasteiger partial charge in [-0.2, -0.15) is 0 Å². The van der Waals surface area contributed by atoms with Gasteiger partial charge in [-0.15, -0.1) is 6.58 Å². The molecule has 0 spiro atoms. The monoisotopic (exact) mass is 213 g/mol. The molecule has 2 atom stereocenters. The summed E-state index contributed by atoms with van der Waals surface area (Å²) in [5.41, 5.74) is 0. The summed E-state index contributed by atoms with van der Waals surface area (Å²) < 4.78 is 0. The van der Waals surface area contributed by atoms with Gasteiger partial charge in [-0.1, -0.05) is 25.8 Å². The Morgan fingerprint density at radius 1 is 1.53 bits per heavy atom. The van der Waals surface area contributed by atoms with Crippen molar-refractivity contribution in [3.63, 3.8) is 0 Å². The molecule has 0 aliphatic carbocycles. The van der Waals surface area contributed by atoms with Crippen LogP contribution in [0.1, 0.15) is 46.0 Å². The highest BCUT2D eigenvalue weighted by molar-refractivity contribution is 5.73. The number of carboxylic acids is 1. The molecule has 0 heterocycles. The van der Waals surface area contributed by atoms with Crippen molar-refractivity contribution in [3.05, 3.63) is 12.7 Å². The maximum absolute atomic E-state index is 10.9. The summed E-state index contributed by atoms with van der Waals surface area (Å²) in [4.78, 5) is 10.9. The van der Waals surface area contributed by atoms with E-state index < -0.39 is 12.0 Å². The second-order valence-corrected chi connectivity index (χ2v) is 3.97. The van der Waals surface area contributed by atoms with Gasteiger partial charge in [-0.05, 0) is 26.2 Å². The molecule has 0 rings (SSSR count). The van der Waals surface area contributed by atoms with Crippen LogP contribution in [0.2, 0.25) is 0 Å². The second-order valence-electron chi connectivity index (χ2n) is 3.97. The zero-order valence-electron chi connectivity index (χ0n) is 9.83. The van der Waals surface area contributed by atoms with Crippen molar-refractivity contribution >= 4 is 5.97 Å². The molecular weight excluding hydrogens is 190 g/mol. The number of nitrogens with one attached hydrogen (secondary N) is 1. The summed E-state index contributed by atoms with van der Waals surface area (Å²) >= 11 is 0. The smallest absolute Gasteiger partial charge is 0.320 e. The van der Waals surface area contributed by atoms with Gasteiger partial charge in [0, 0.05) is 6.04 Å². The molecule has 0 aliphatic rings. The zero-order valence-corrected chi connectivity index (χ0v) is 9.83. The molecule has 0 saturated heterocycles. The number of rotatable bonds is 9. The summed E-state index contributed by atoms with van der Waals surface area (Å²) in [5.74, 6) is -0.742. The van der Waals surface area contributed by atoms with Gasteiger partial charge >= 0.3 is 5.97 Å². The van der Waals surface area contributed by atoms with E-state index in [1.165, 1.54) is 0 Å². The number of hydrogen-bond acceptors (Lipinski definition) is 2. The second kappa shape index (κ2) is 8.48. The van der Waals surface area contributed by atoms with Gasteiger partial charge in [0.1, 0.15) is 6.04 Å². The first-order valence-corrected chi connectivity index (χ1v) is 5.71. The molecule has 88 valence electrons. The fourth-order valence-corrected chi connectivity index (χ4v) is 1.48. The highest BCUT2D eigenvalue weighted by Crippen LogP contribution is 2.04. The fourth-order valence-electron chi connectivity index (χ4n) is 1.48. The van der Waals surface area contributed by atoms with Crippen LogP contribution < -0.4 is 5.32 Å². The van der Waals surface area contributed by atoms with Crippen molar-refractivity contribution in [2.75, 3.05) is 0 Å². The number of aliphatic carboxylic acids is 1. The lowest BCUT2D eigenvalue weighted by Crippen LogP contribution is -2.41. The first-order chi connectivity index (χ1) is 7.11. The summed E-state index contributed by atoms with van der Waals surface area (Å²) in [5, 5.41) is 12.1. The van der Waals surface area contributed by atoms with Crippen molar-refractivity contribution in [1.82, 2.24) is 5.32 Å². The molecule has 2 unspecified atom stereocenters. The molecule has 0 aromatic heterocycles. The van der Waals surface area contributed by atoms with Crippen LogP contribution in [0, 0.1) is 0 Å². The van der Waals surface area contributed by atoms with E-state index in [1.54, 1.807) is 0 Å². The molecule has 0 aliphatic heterocycles. The van der Waals surface area contributed by atoms with Gasteiger partial charge < -0.3 is 10.4 Å². The molecule has 0 fully saturated rings. The molecule has 0 amide bonds. The van der Waals surface area contributed by atoms with E-state index in [1.807, 2.05) is 13.0 Å². The molecule has 2 N–H and O–H groups in total. The van der Waals surface area contributed by atoms with E-state index in [0.29, 0.717) is 6.42 Å². The van der Waals surface area contributed by atoms with Crippen LogP contribution in [0.25, 0.3) is 0 Å². The van der Waals surface area contributed by atoms with Gasteiger partial charge in [0.2, 0.25) is 0 Å². The zero-order chi connectivity index (χ0) is 11.7. The molecule has 0 bridgehead atoms. The molecule has 15 heavy (non-hydrogen) atoms. The molecule has 0 radical (unpaired) electrons. The Hall–Kier alpha value is -0.830. The summed E-state index contributed by atoms with van der Waals surface area (Å²) in [6.07, 6.45) is 6.43. The summed E-state index contributed by atoms with van der Waals surface area (Å²) in [6.45, 7) is 7.74. The molecular formula is C12H23NO2. The SMILES string of the molecule is C=CCCC(C)NC(CCCC)C(=O)O. The fraction of sp³-hybridized carbons (Fsp3) is 0.750. The third-order valence-electron chi connectivity index (χ3n) is 2.43. The van der Waals surface area contributed by atoms with Crippen LogP contribution in [0.15, 0.2) is 12.7 Å². The van der Waals surface area contributed by atoms with Crippen molar-refractivity contribution in [2.24, 2.45) is 0 Å². The Labute approximate surface area is 92.6 Å². The molecule has 3 nitrogen and oxygen atoms in total. The molecule has 3 heteroatoms. The lowest BCUT2D eigenvalue weighted by molar-refractivity contribution is -0.139. The Morgan fingerprint density at radius 3 is 2.67 bits per heavy atom. The average Bonchev–Trinajstić information content (AvgIpc) is 2.20. The summed E-state index contributed by atoms with van der Waals surface area (Å²) in [7, 11) is 0. The van der Waals surface area contributed by atoms with Crippen molar-refractivity contribution in [2.45, 2.75) is 58.0 Å². The predicted octanol–water partition coefficient (Wildman–Crippen LogP) is 2.57. The lowest BCUT2D eigenvalue weighted by Gasteiger charge is -2.19. The van der Waals surface area contributed by atoms with Crippen LogP contribution in [-0.2, 0) is 4.79 Å². The Morgan fingerprint density at radius 2 is 2.20 bits per heavy atom. The normalized spacial score (nSPS) is 14.5. The number of carbonyl (C=O) groups is 1. The van der Waals surface area contributed by atoms with E-state index >= 15 is 0 Å². The maximum Gasteiger partial charge on any atom is 0.320 e. The van der Waals surface area contributed by atoms with Crippen molar-refractivity contribution < 1.29 is 9.90 Å². The Balaban J connectivity index is 3.92. The molecule has 0 aromatic carbocycles. The van der Waals surface area contributed by atoms with Gasteiger partial charge in [-0.25, -0.2) is 0 Å². The predicted molar refractivity (Wildman–Crippen MR) is 63.0 cm³/mol. The quantitative estimate of drug-likeness (QED) is 0.579. The average molecular weight is 213 g/mol. The van der Waals surface area contributed by atoms with Crippen LogP contribution in [-0.4, -0.2) is 23.2 Å². The topological polar surface area (TPSA) is 49.3 Å². The van der Waals surface area contributed by atoms with Crippen LogP contribution in [0.3, 0.4) is 0 Å². The van der Waals surface area contributed by atoms with Gasteiger partial charge in [0.05, 0.1) is 0 Å². The summed E-state index contributed by atoms with van der Waals surface area (Å²) in [6, 6.07) is -0.161. The highest BCUT2D eigenvalue weighted by atomic mass is 16.4. The number of carboxylic acid groups (broad SMARTS) is 1. The van der Waals surface area contributed by atoms with Gasteiger partial charge in [-0.3, -0.25) is 4.79 Å². The van der Waals surface area contributed by atoms with E-state index in [-0.39, 0.29) is 6.04 Å². The number of allylic oxidation sites excluding steroid dienone is 1. The first-order valence-electron chi connectivity index (χ1n) is 5.71. The van der Waals surface area contributed by atoms with Crippen LogP contribution in [0.4, 0.5) is 0 Å². The van der Waals surface area contributed by atoms with E-state index in [9.17, 15) is 4.79 Å². The maximum atomic E-state index is 10.9. The highest BCUT2D eigenvalue weighted by Gasteiger charge is 2.18. The van der Waals surface area contributed by atoms with E-state index in [4.69, 9.17) is 5.11 Å².